The lowest BCUT2D eigenvalue weighted by Crippen LogP contribution is -1.93. The van der Waals surface area contributed by atoms with E-state index in [1.165, 1.54) is 5.56 Å². The molecule has 9 rings (SSSR count). The fraction of sp³-hybridized carbons (Fsp3) is 0. The zero-order valence-electron chi connectivity index (χ0n) is 30.4. The maximum atomic E-state index is 9.10. The van der Waals surface area contributed by atoms with Crippen LogP contribution in [0.25, 0.3) is 87.6 Å². The molecule has 7 aromatic carbocycles. The van der Waals surface area contributed by atoms with Crippen molar-refractivity contribution in [3.05, 3.63) is 158 Å². The molecule has 0 spiro atoms. The molecule has 2 nitrogen and oxygen atoms in total. The van der Waals surface area contributed by atoms with Crippen molar-refractivity contribution in [3.63, 3.8) is 0 Å². The molecule has 0 aliphatic heterocycles. The molecular weight excluding hydrogens is 532 g/mol. The van der Waals surface area contributed by atoms with E-state index in [2.05, 4.69) is 83.8 Å². The molecule has 0 N–H and O–H groups in total. The monoisotopic (exact) mass is 565 g/mol. The highest BCUT2D eigenvalue weighted by molar-refractivity contribution is 6.24. The van der Waals surface area contributed by atoms with Gasteiger partial charge in [-0.1, -0.05) is 139 Å². The molecule has 0 atom stereocenters. The molecule has 2 heteroatoms. The molecule has 0 fully saturated rings. The van der Waals surface area contributed by atoms with Crippen LogP contribution in [0.2, 0.25) is 0 Å². The van der Waals surface area contributed by atoms with Crippen LogP contribution in [0.4, 0.5) is 0 Å². The molecule has 0 aliphatic carbocycles. The minimum Gasteiger partial charge on any atom is -0.254 e. The van der Waals surface area contributed by atoms with Gasteiger partial charge in [0.25, 0.3) is 0 Å². The molecule has 0 bridgehead atoms. The van der Waals surface area contributed by atoms with Gasteiger partial charge in [0.1, 0.15) is 0 Å². The summed E-state index contributed by atoms with van der Waals surface area (Å²) in [5.41, 5.74) is 5.25. The Bertz CT molecular complexity index is 2890. The Kier molecular flexibility index (Phi) is 4.17. The zero-order valence-corrected chi connectivity index (χ0v) is 23.4. The Morgan fingerprint density at radius 3 is 1.64 bits per heavy atom. The van der Waals surface area contributed by atoms with E-state index in [1.807, 2.05) is 36.4 Å². The van der Waals surface area contributed by atoms with Crippen LogP contribution in [0, 0.1) is 0 Å². The summed E-state index contributed by atoms with van der Waals surface area (Å²) in [6, 6.07) is 37.2. The molecule has 0 saturated heterocycles. The third-order valence-electron chi connectivity index (χ3n) is 8.39. The fourth-order valence-corrected chi connectivity index (χ4v) is 6.50. The minimum absolute atomic E-state index is 0.00382. The standard InChI is InChI=1S/C42H26N2/c1-2-11-27(12-3-1)39-33-16-6-8-18-35(33)40(36-19-9-7-17-34(36)39)37-24-23-32(30-14-4-5-15-31(30)37)38-25-22-29-21-20-28-13-10-26-43-41(28)42(29)44-38/h1-26H/i10D,13D,20D,21D,22D,25D,26D. The van der Waals surface area contributed by atoms with E-state index in [-0.39, 0.29) is 57.7 Å². The van der Waals surface area contributed by atoms with Gasteiger partial charge < -0.3 is 0 Å². The Morgan fingerprint density at radius 2 is 0.955 bits per heavy atom. The molecule has 0 amide bonds. The Hall–Kier alpha value is -5.86. The summed E-state index contributed by atoms with van der Waals surface area (Å²) in [6.45, 7) is 0. The first kappa shape index (κ1) is 18.6. The molecule has 204 valence electrons. The molecule has 2 heterocycles. The van der Waals surface area contributed by atoms with Crippen molar-refractivity contribution in [1.29, 1.82) is 0 Å². The van der Waals surface area contributed by atoms with E-state index in [4.69, 9.17) is 14.6 Å². The molecular formula is C42H26N2. The topological polar surface area (TPSA) is 25.8 Å². The van der Waals surface area contributed by atoms with Gasteiger partial charge in [0, 0.05) is 22.5 Å². The van der Waals surface area contributed by atoms with Gasteiger partial charge in [-0.2, -0.15) is 0 Å². The zero-order chi connectivity index (χ0) is 35.1. The number of aromatic nitrogens is 2. The molecule has 0 radical (unpaired) electrons. The summed E-state index contributed by atoms with van der Waals surface area (Å²) in [7, 11) is 0. The second kappa shape index (κ2) is 9.86. The van der Waals surface area contributed by atoms with Crippen LogP contribution in [0.5, 0.6) is 0 Å². The fourth-order valence-electron chi connectivity index (χ4n) is 6.50. The largest absolute Gasteiger partial charge is 0.254 e. The van der Waals surface area contributed by atoms with Crippen LogP contribution >= 0.6 is 0 Å². The Morgan fingerprint density at radius 1 is 0.432 bits per heavy atom. The summed E-state index contributed by atoms with van der Waals surface area (Å²) >= 11 is 0. The third kappa shape index (κ3) is 3.75. The van der Waals surface area contributed by atoms with E-state index < -0.39 is 12.2 Å². The molecule has 0 aliphatic rings. The van der Waals surface area contributed by atoms with Gasteiger partial charge in [0.15, 0.2) is 0 Å². The lowest BCUT2D eigenvalue weighted by atomic mass is 9.84. The smallest absolute Gasteiger partial charge is 0.0972 e. The number of benzene rings is 7. The van der Waals surface area contributed by atoms with Gasteiger partial charge in [0.2, 0.25) is 0 Å². The molecule has 0 saturated carbocycles. The van der Waals surface area contributed by atoms with Gasteiger partial charge in [-0.3, -0.25) is 4.98 Å². The molecule has 9 aromatic rings. The van der Waals surface area contributed by atoms with Gasteiger partial charge in [-0.25, -0.2) is 4.98 Å². The average molecular weight is 566 g/mol. The van der Waals surface area contributed by atoms with Crippen molar-refractivity contribution in [2.75, 3.05) is 0 Å². The number of hydrogen-bond acceptors (Lipinski definition) is 2. The summed E-state index contributed by atoms with van der Waals surface area (Å²) in [5.74, 6) is 0. The highest BCUT2D eigenvalue weighted by Gasteiger charge is 2.19. The highest BCUT2D eigenvalue weighted by atomic mass is 14.8. The number of rotatable bonds is 3. The molecule has 44 heavy (non-hydrogen) atoms. The Labute approximate surface area is 264 Å². The van der Waals surface area contributed by atoms with Gasteiger partial charge in [0.05, 0.1) is 26.3 Å². The van der Waals surface area contributed by atoms with Crippen LogP contribution < -0.4 is 0 Å². The second-order valence-electron chi connectivity index (χ2n) is 10.8. The number of fused-ring (bicyclic) bond motifs is 6. The highest BCUT2D eigenvalue weighted by Crippen LogP contribution is 2.46. The van der Waals surface area contributed by atoms with Crippen molar-refractivity contribution >= 4 is 54.1 Å². The Balaban J connectivity index is 1.37. The van der Waals surface area contributed by atoms with Gasteiger partial charge in [-0.05, 0) is 66.7 Å². The van der Waals surface area contributed by atoms with Crippen molar-refractivity contribution in [2.24, 2.45) is 0 Å². The van der Waals surface area contributed by atoms with Crippen LogP contribution in [0.3, 0.4) is 0 Å². The van der Waals surface area contributed by atoms with E-state index in [0.29, 0.717) is 5.56 Å². The minimum atomic E-state index is -0.455. The van der Waals surface area contributed by atoms with E-state index in [0.717, 1.165) is 49.0 Å². The molecule has 2 aromatic heterocycles. The van der Waals surface area contributed by atoms with Crippen molar-refractivity contribution in [2.45, 2.75) is 0 Å². The van der Waals surface area contributed by atoms with E-state index >= 15 is 0 Å². The first-order valence-corrected chi connectivity index (χ1v) is 14.4. The van der Waals surface area contributed by atoms with Crippen molar-refractivity contribution in [1.82, 2.24) is 9.97 Å². The van der Waals surface area contributed by atoms with Crippen molar-refractivity contribution in [3.8, 4) is 33.5 Å². The van der Waals surface area contributed by atoms with Crippen LogP contribution in [0.15, 0.2) is 158 Å². The maximum absolute atomic E-state index is 9.10. The number of hydrogen-bond donors (Lipinski definition) is 0. The summed E-state index contributed by atoms with van der Waals surface area (Å²) in [4.78, 5) is 9.07. The first-order chi connectivity index (χ1) is 24.8. The average Bonchev–Trinajstić information content (AvgIpc) is 3.16. The normalized spacial score (nSPS) is 13.9. The predicted octanol–water partition coefficient (Wildman–Crippen LogP) is 11.2. The quantitative estimate of drug-likeness (QED) is 0.157. The second-order valence-corrected chi connectivity index (χ2v) is 10.8. The van der Waals surface area contributed by atoms with Crippen LogP contribution in [0.1, 0.15) is 9.60 Å². The van der Waals surface area contributed by atoms with Crippen molar-refractivity contribution < 1.29 is 9.60 Å². The predicted molar refractivity (Wildman–Crippen MR) is 186 cm³/mol. The summed E-state index contributed by atoms with van der Waals surface area (Å²) < 4.78 is 60.2. The lowest BCUT2D eigenvalue weighted by Gasteiger charge is -2.19. The third-order valence-corrected chi connectivity index (χ3v) is 8.39. The number of pyridine rings is 2. The summed E-state index contributed by atoms with van der Waals surface area (Å²) in [6.07, 6.45) is -0.455. The molecule has 0 unspecified atom stereocenters. The van der Waals surface area contributed by atoms with E-state index in [9.17, 15) is 0 Å². The first-order valence-electron chi connectivity index (χ1n) is 17.9. The number of nitrogens with zero attached hydrogens (tertiary/aromatic N) is 2. The maximum Gasteiger partial charge on any atom is 0.0972 e. The lowest BCUT2D eigenvalue weighted by molar-refractivity contribution is 1.37. The SMILES string of the molecule is [2H]c1nc2c(c([2H])c1[2H])c([2H])c([2H])c1c([2H])c([2H])c(-c3ccc(-c4c5ccccc5c(-c5ccccc5)c5ccccc45)c4ccccc34)nc12. The van der Waals surface area contributed by atoms with E-state index in [1.54, 1.807) is 0 Å². The van der Waals surface area contributed by atoms with Gasteiger partial charge >= 0.3 is 0 Å². The van der Waals surface area contributed by atoms with Crippen LogP contribution in [-0.2, 0) is 0 Å². The van der Waals surface area contributed by atoms with Gasteiger partial charge in [-0.15, -0.1) is 0 Å². The van der Waals surface area contributed by atoms with Crippen LogP contribution in [-0.4, -0.2) is 9.97 Å². The summed E-state index contributed by atoms with van der Waals surface area (Å²) in [5, 5.41) is 6.10.